The number of anilines is 1. The summed E-state index contributed by atoms with van der Waals surface area (Å²) in [6.07, 6.45) is 0.988. The van der Waals surface area contributed by atoms with Gasteiger partial charge in [0.15, 0.2) is 0 Å². The molecule has 2 rings (SSSR count). The molecule has 0 aliphatic rings. The lowest BCUT2D eigenvalue weighted by Crippen LogP contribution is -2.17. The van der Waals surface area contributed by atoms with E-state index in [0.29, 0.717) is 12.8 Å². The van der Waals surface area contributed by atoms with Crippen molar-refractivity contribution in [1.29, 1.82) is 0 Å². The van der Waals surface area contributed by atoms with Crippen LogP contribution in [-0.2, 0) is 4.79 Å². The Kier molecular flexibility index (Phi) is 5.96. The molecule has 0 fully saturated rings. The van der Waals surface area contributed by atoms with Crippen molar-refractivity contribution >= 4 is 43.5 Å². The van der Waals surface area contributed by atoms with Gasteiger partial charge in [0.05, 0.1) is 5.69 Å². The standard InChI is InChI=1S/C16H16Br2N2O/c17-12-7-4-8-13(18)16(12)20-15(21)10-9-14(19)11-5-2-1-3-6-11/h1-8,14H,9-10,19H2,(H,20,21). The first-order valence-corrected chi connectivity index (χ1v) is 8.21. The van der Waals surface area contributed by atoms with Crippen LogP contribution in [0, 0.1) is 0 Å². The maximum absolute atomic E-state index is 12.0. The highest BCUT2D eigenvalue weighted by atomic mass is 79.9. The Morgan fingerprint density at radius 3 is 2.29 bits per heavy atom. The predicted octanol–water partition coefficient (Wildman–Crippen LogP) is 4.63. The van der Waals surface area contributed by atoms with Gasteiger partial charge in [0.25, 0.3) is 0 Å². The van der Waals surface area contributed by atoms with Gasteiger partial charge in [-0.2, -0.15) is 0 Å². The third-order valence-electron chi connectivity index (χ3n) is 3.14. The Morgan fingerprint density at radius 1 is 1.05 bits per heavy atom. The highest BCUT2D eigenvalue weighted by Gasteiger charge is 2.11. The van der Waals surface area contributed by atoms with E-state index in [1.165, 1.54) is 0 Å². The van der Waals surface area contributed by atoms with Crippen LogP contribution < -0.4 is 11.1 Å². The Bertz CT molecular complexity index is 597. The van der Waals surface area contributed by atoms with Crippen molar-refractivity contribution < 1.29 is 4.79 Å². The molecule has 1 amide bonds. The molecule has 0 spiro atoms. The molecule has 1 atom stereocenters. The predicted molar refractivity (Wildman–Crippen MR) is 93.1 cm³/mol. The van der Waals surface area contributed by atoms with Crippen molar-refractivity contribution in [1.82, 2.24) is 0 Å². The van der Waals surface area contributed by atoms with Crippen LogP contribution in [0.2, 0.25) is 0 Å². The molecule has 0 aromatic heterocycles. The maximum Gasteiger partial charge on any atom is 0.224 e. The smallest absolute Gasteiger partial charge is 0.224 e. The molecule has 3 N–H and O–H groups in total. The molecule has 0 saturated carbocycles. The molecule has 2 aromatic rings. The fourth-order valence-electron chi connectivity index (χ4n) is 1.97. The van der Waals surface area contributed by atoms with Gasteiger partial charge in [-0.1, -0.05) is 36.4 Å². The molecule has 5 heteroatoms. The first-order chi connectivity index (χ1) is 10.1. The van der Waals surface area contributed by atoms with Gasteiger partial charge >= 0.3 is 0 Å². The number of hydrogen-bond acceptors (Lipinski definition) is 2. The van der Waals surface area contributed by atoms with E-state index in [9.17, 15) is 4.79 Å². The van der Waals surface area contributed by atoms with Crippen molar-refractivity contribution in [2.45, 2.75) is 18.9 Å². The third kappa shape index (κ3) is 4.66. The Balaban J connectivity index is 1.91. The number of carbonyl (C=O) groups excluding carboxylic acids is 1. The number of halogens is 2. The first kappa shape index (κ1) is 16.2. The molecule has 110 valence electrons. The van der Waals surface area contributed by atoms with E-state index < -0.39 is 0 Å². The third-order valence-corrected chi connectivity index (χ3v) is 4.46. The summed E-state index contributed by atoms with van der Waals surface area (Å²) in [5.41, 5.74) is 7.89. The van der Waals surface area contributed by atoms with E-state index in [-0.39, 0.29) is 11.9 Å². The van der Waals surface area contributed by atoms with Crippen LogP contribution in [0.3, 0.4) is 0 Å². The van der Waals surface area contributed by atoms with E-state index in [4.69, 9.17) is 5.73 Å². The lowest BCUT2D eigenvalue weighted by atomic mass is 10.0. The zero-order chi connectivity index (χ0) is 15.2. The van der Waals surface area contributed by atoms with Gasteiger partial charge in [-0.05, 0) is 56.0 Å². The molecule has 0 bridgehead atoms. The Labute approximate surface area is 141 Å². The molecule has 3 nitrogen and oxygen atoms in total. The van der Waals surface area contributed by atoms with E-state index in [1.54, 1.807) is 0 Å². The Morgan fingerprint density at radius 2 is 1.67 bits per heavy atom. The van der Waals surface area contributed by atoms with Gasteiger partial charge in [-0.25, -0.2) is 0 Å². The summed E-state index contributed by atoms with van der Waals surface area (Å²) in [7, 11) is 0. The summed E-state index contributed by atoms with van der Waals surface area (Å²) in [4.78, 5) is 12.0. The average Bonchev–Trinajstić information content (AvgIpc) is 2.49. The number of rotatable bonds is 5. The van der Waals surface area contributed by atoms with E-state index in [1.807, 2.05) is 48.5 Å². The number of nitrogens with one attached hydrogen (secondary N) is 1. The van der Waals surface area contributed by atoms with E-state index >= 15 is 0 Å². The SMILES string of the molecule is NC(CCC(=O)Nc1c(Br)cccc1Br)c1ccccc1. The largest absolute Gasteiger partial charge is 0.324 e. The fraction of sp³-hybridized carbons (Fsp3) is 0.188. The van der Waals surface area contributed by atoms with Crippen molar-refractivity contribution in [2.24, 2.45) is 5.73 Å². The van der Waals surface area contributed by atoms with Gasteiger partial charge in [-0.3, -0.25) is 4.79 Å². The quantitative estimate of drug-likeness (QED) is 0.753. The molecule has 21 heavy (non-hydrogen) atoms. The lowest BCUT2D eigenvalue weighted by molar-refractivity contribution is -0.116. The first-order valence-electron chi connectivity index (χ1n) is 6.62. The van der Waals surface area contributed by atoms with Gasteiger partial charge in [0.2, 0.25) is 5.91 Å². The zero-order valence-electron chi connectivity index (χ0n) is 11.4. The van der Waals surface area contributed by atoms with Crippen LogP contribution in [0.15, 0.2) is 57.5 Å². The lowest BCUT2D eigenvalue weighted by Gasteiger charge is -2.13. The number of para-hydroxylation sites is 1. The number of benzene rings is 2. The Hall–Kier alpha value is -1.17. The van der Waals surface area contributed by atoms with Crippen molar-refractivity contribution in [3.63, 3.8) is 0 Å². The molecule has 0 heterocycles. The van der Waals surface area contributed by atoms with Crippen molar-refractivity contribution in [3.05, 3.63) is 63.0 Å². The number of carbonyl (C=O) groups is 1. The summed E-state index contributed by atoms with van der Waals surface area (Å²) in [5.74, 6) is -0.0472. The minimum atomic E-state index is -0.125. The summed E-state index contributed by atoms with van der Waals surface area (Å²) in [6, 6.07) is 15.4. The molecule has 1 unspecified atom stereocenters. The molecular formula is C16H16Br2N2O. The topological polar surface area (TPSA) is 55.1 Å². The van der Waals surface area contributed by atoms with Crippen LogP contribution in [-0.4, -0.2) is 5.91 Å². The van der Waals surface area contributed by atoms with E-state index in [0.717, 1.165) is 20.2 Å². The van der Waals surface area contributed by atoms with Crippen molar-refractivity contribution in [3.8, 4) is 0 Å². The van der Waals surface area contributed by atoms with Crippen LogP contribution >= 0.6 is 31.9 Å². The molecule has 0 aliphatic heterocycles. The molecule has 0 radical (unpaired) electrons. The van der Waals surface area contributed by atoms with Gasteiger partial charge in [-0.15, -0.1) is 0 Å². The van der Waals surface area contributed by atoms with Gasteiger partial charge in [0, 0.05) is 21.4 Å². The number of nitrogens with two attached hydrogens (primary N) is 1. The molecule has 2 aromatic carbocycles. The van der Waals surface area contributed by atoms with Crippen molar-refractivity contribution in [2.75, 3.05) is 5.32 Å². The minimum absolute atomic E-state index is 0.0472. The van der Waals surface area contributed by atoms with Crippen LogP contribution in [0.5, 0.6) is 0 Å². The van der Waals surface area contributed by atoms with E-state index in [2.05, 4.69) is 37.2 Å². The number of hydrogen-bond donors (Lipinski definition) is 2. The fourth-order valence-corrected chi connectivity index (χ4v) is 3.17. The monoisotopic (exact) mass is 410 g/mol. The summed E-state index contributed by atoms with van der Waals surface area (Å²) < 4.78 is 1.69. The van der Waals surface area contributed by atoms with Crippen LogP contribution in [0.25, 0.3) is 0 Å². The van der Waals surface area contributed by atoms with Crippen LogP contribution in [0.4, 0.5) is 5.69 Å². The zero-order valence-corrected chi connectivity index (χ0v) is 14.5. The second kappa shape index (κ2) is 7.73. The number of amides is 1. The molecule has 0 saturated heterocycles. The highest BCUT2D eigenvalue weighted by Crippen LogP contribution is 2.30. The summed E-state index contributed by atoms with van der Waals surface area (Å²) in [5, 5.41) is 2.90. The van der Waals surface area contributed by atoms with Gasteiger partial charge < -0.3 is 11.1 Å². The highest BCUT2D eigenvalue weighted by molar-refractivity contribution is 9.11. The van der Waals surface area contributed by atoms with Crippen LogP contribution in [0.1, 0.15) is 24.4 Å². The molecule has 0 aliphatic carbocycles. The minimum Gasteiger partial charge on any atom is -0.324 e. The second-order valence-corrected chi connectivity index (χ2v) is 6.41. The maximum atomic E-state index is 12.0. The summed E-state index contributed by atoms with van der Waals surface area (Å²) >= 11 is 6.85. The second-order valence-electron chi connectivity index (χ2n) is 4.70. The average molecular weight is 412 g/mol. The molecular weight excluding hydrogens is 396 g/mol. The normalized spacial score (nSPS) is 12.0. The van der Waals surface area contributed by atoms with Gasteiger partial charge in [0.1, 0.15) is 0 Å². The summed E-state index contributed by atoms with van der Waals surface area (Å²) in [6.45, 7) is 0.